The van der Waals surface area contributed by atoms with E-state index < -0.39 is 0 Å². The first-order valence-corrected chi connectivity index (χ1v) is 10.9. The van der Waals surface area contributed by atoms with Crippen LogP contribution in [0.3, 0.4) is 0 Å². The van der Waals surface area contributed by atoms with E-state index in [9.17, 15) is 4.79 Å². The Kier molecular flexibility index (Phi) is 4.70. The summed E-state index contributed by atoms with van der Waals surface area (Å²) in [6.45, 7) is 6.41. The molecule has 0 saturated carbocycles. The molecule has 0 unspecified atom stereocenters. The van der Waals surface area contributed by atoms with Crippen LogP contribution in [0.4, 0.5) is 11.5 Å². The Morgan fingerprint density at radius 1 is 1.38 bits per heavy atom. The van der Waals surface area contributed by atoms with Crippen molar-refractivity contribution >= 4 is 65.4 Å². The molecule has 0 aliphatic rings. The minimum absolute atomic E-state index is 0.00162. The fraction of sp³-hybridized carbons (Fsp3) is 0.333. The van der Waals surface area contributed by atoms with Gasteiger partial charge in [0.05, 0.1) is 0 Å². The third kappa shape index (κ3) is 3.35. The SMILES string of the molecule is CSc1nc2ncnc(Nc3cc(C(C)(C)C)[se]c3C(N)=O)c2s1. The second-order valence-electron chi connectivity index (χ2n) is 6.15. The first-order valence-electron chi connectivity index (χ1n) is 7.16. The number of carbonyl (C=O) groups excluding carboxylic acids is 1. The predicted octanol–water partition coefficient (Wildman–Crippen LogP) is 3.01. The molecular formula is C15H17N5OS2Se. The Hall–Kier alpha value is -1.41. The van der Waals surface area contributed by atoms with E-state index in [4.69, 9.17) is 5.73 Å². The van der Waals surface area contributed by atoms with Gasteiger partial charge in [0.25, 0.3) is 0 Å². The fourth-order valence-electron chi connectivity index (χ4n) is 2.08. The van der Waals surface area contributed by atoms with E-state index in [1.807, 2.05) is 12.3 Å². The molecule has 3 heterocycles. The van der Waals surface area contributed by atoms with Crippen molar-refractivity contribution in [2.24, 2.45) is 5.73 Å². The van der Waals surface area contributed by atoms with E-state index in [0.29, 0.717) is 15.9 Å². The van der Waals surface area contributed by atoms with E-state index >= 15 is 0 Å². The number of aromatic nitrogens is 3. The zero-order valence-corrected chi connectivity index (χ0v) is 17.1. The molecule has 3 N–H and O–H groups in total. The van der Waals surface area contributed by atoms with Gasteiger partial charge in [0, 0.05) is 0 Å². The molecule has 6 nitrogen and oxygen atoms in total. The van der Waals surface area contributed by atoms with Crippen molar-refractivity contribution in [3.63, 3.8) is 0 Å². The average Bonchev–Trinajstić information content (AvgIpc) is 3.10. The summed E-state index contributed by atoms with van der Waals surface area (Å²) in [5.41, 5.74) is 6.99. The standard InChI is InChI=1S/C15H17N5OS2Se/c1-15(2,3)8-5-7(10(24-8)11(16)21)19-12-9-13(18-6-17-12)20-14(22-4)23-9/h5-6H,1-4H3,(H2,16,21)(H,17,18,19). The number of hydrogen-bond acceptors (Lipinski definition) is 7. The van der Waals surface area contributed by atoms with Gasteiger partial charge in [0.15, 0.2) is 0 Å². The van der Waals surface area contributed by atoms with Crippen LogP contribution in [0.15, 0.2) is 16.7 Å². The molecule has 3 aromatic heterocycles. The van der Waals surface area contributed by atoms with Crippen LogP contribution in [-0.2, 0) is 5.41 Å². The Morgan fingerprint density at radius 2 is 2.12 bits per heavy atom. The van der Waals surface area contributed by atoms with Crippen molar-refractivity contribution in [2.75, 3.05) is 11.6 Å². The number of amides is 1. The van der Waals surface area contributed by atoms with Crippen molar-refractivity contribution in [2.45, 2.75) is 30.5 Å². The van der Waals surface area contributed by atoms with Crippen LogP contribution in [0, 0.1) is 0 Å². The van der Waals surface area contributed by atoms with Gasteiger partial charge in [0.2, 0.25) is 0 Å². The molecule has 3 rings (SSSR count). The summed E-state index contributed by atoms with van der Waals surface area (Å²) < 4.78 is 3.68. The topological polar surface area (TPSA) is 93.8 Å². The molecule has 0 radical (unpaired) electrons. The molecule has 0 aromatic carbocycles. The molecule has 0 atom stereocenters. The summed E-state index contributed by atoms with van der Waals surface area (Å²) in [5.74, 6) is 0.279. The van der Waals surface area contributed by atoms with Gasteiger partial charge in [-0.15, -0.1) is 0 Å². The Balaban J connectivity index is 2.06. The van der Waals surface area contributed by atoms with Gasteiger partial charge in [-0.25, -0.2) is 0 Å². The fourth-order valence-corrected chi connectivity index (χ4v) is 5.68. The number of primary amides is 1. The Morgan fingerprint density at radius 3 is 2.75 bits per heavy atom. The van der Waals surface area contributed by atoms with Crippen molar-refractivity contribution in [3.8, 4) is 0 Å². The number of rotatable bonds is 4. The molecule has 0 fully saturated rings. The summed E-state index contributed by atoms with van der Waals surface area (Å²) >= 11 is 3.03. The second kappa shape index (κ2) is 6.48. The quantitative estimate of drug-likeness (QED) is 0.492. The van der Waals surface area contributed by atoms with E-state index in [1.165, 1.54) is 22.1 Å². The monoisotopic (exact) mass is 427 g/mol. The van der Waals surface area contributed by atoms with Crippen LogP contribution in [-0.4, -0.2) is 41.6 Å². The molecular weight excluding hydrogens is 409 g/mol. The first-order chi connectivity index (χ1) is 11.3. The number of fused-ring (bicyclic) bond motifs is 1. The van der Waals surface area contributed by atoms with Crippen LogP contribution in [0.1, 0.15) is 34.4 Å². The number of thiazole rings is 1. The third-order valence-corrected chi connectivity index (χ3v) is 8.64. The number of nitrogens with zero attached hydrogens (tertiary/aromatic N) is 3. The molecule has 0 spiro atoms. The van der Waals surface area contributed by atoms with E-state index in [0.717, 1.165) is 14.7 Å². The number of nitrogens with one attached hydrogen (secondary N) is 1. The summed E-state index contributed by atoms with van der Waals surface area (Å²) in [7, 11) is 0. The normalized spacial score (nSPS) is 11.8. The first kappa shape index (κ1) is 17.4. The number of anilines is 2. The predicted molar refractivity (Wildman–Crippen MR) is 101 cm³/mol. The van der Waals surface area contributed by atoms with Crippen LogP contribution in [0.2, 0.25) is 0 Å². The number of nitrogens with two attached hydrogens (primary N) is 1. The van der Waals surface area contributed by atoms with Crippen molar-refractivity contribution in [3.05, 3.63) is 21.3 Å². The molecule has 0 aliphatic heterocycles. The maximum absolute atomic E-state index is 11.8. The van der Waals surface area contributed by atoms with Gasteiger partial charge in [-0.2, -0.15) is 0 Å². The molecule has 9 heteroatoms. The third-order valence-electron chi connectivity index (χ3n) is 3.29. The average molecular weight is 426 g/mol. The molecule has 0 bridgehead atoms. The molecule has 24 heavy (non-hydrogen) atoms. The van der Waals surface area contributed by atoms with E-state index in [1.54, 1.807) is 11.8 Å². The molecule has 1 amide bonds. The van der Waals surface area contributed by atoms with Gasteiger partial charge in [0.1, 0.15) is 0 Å². The molecule has 3 aromatic rings. The number of thioether (sulfide) groups is 1. The summed E-state index contributed by atoms with van der Waals surface area (Å²) in [6.07, 6.45) is 3.46. The summed E-state index contributed by atoms with van der Waals surface area (Å²) in [6, 6.07) is 2.03. The van der Waals surface area contributed by atoms with Crippen LogP contribution in [0.5, 0.6) is 0 Å². The van der Waals surface area contributed by atoms with E-state index in [-0.39, 0.29) is 25.8 Å². The molecule has 0 saturated heterocycles. The second-order valence-corrected chi connectivity index (χ2v) is 10.4. The van der Waals surface area contributed by atoms with Gasteiger partial charge in [-0.05, 0) is 0 Å². The molecule has 0 aliphatic carbocycles. The van der Waals surface area contributed by atoms with Gasteiger partial charge in [-0.3, -0.25) is 0 Å². The van der Waals surface area contributed by atoms with Gasteiger partial charge in [-0.1, -0.05) is 0 Å². The van der Waals surface area contributed by atoms with Crippen LogP contribution < -0.4 is 11.1 Å². The van der Waals surface area contributed by atoms with Crippen molar-refractivity contribution < 1.29 is 4.79 Å². The Labute approximate surface area is 154 Å². The van der Waals surface area contributed by atoms with Crippen molar-refractivity contribution in [1.82, 2.24) is 15.0 Å². The zero-order chi connectivity index (χ0) is 17.5. The summed E-state index contributed by atoms with van der Waals surface area (Å²) in [5, 5.41) is 3.28. The molecule has 126 valence electrons. The van der Waals surface area contributed by atoms with Crippen LogP contribution >= 0.6 is 23.1 Å². The minimum atomic E-state index is -0.382. The Bertz CT molecular complexity index is 912. The van der Waals surface area contributed by atoms with E-state index in [2.05, 4.69) is 41.0 Å². The summed E-state index contributed by atoms with van der Waals surface area (Å²) in [4.78, 5) is 24.8. The van der Waals surface area contributed by atoms with Crippen molar-refractivity contribution in [1.29, 1.82) is 0 Å². The number of hydrogen-bond donors (Lipinski definition) is 2. The maximum atomic E-state index is 11.8. The zero-order valence-electron chi connectivity index (χ0n) is 13.7. The van der Waals surface area contributed by atoms with Gasteiger partial charge < -0.3 is 0 Å². The van der Waals surface area contributed by atoms with Crippen LogP contribution in [0.25, 0.3) is 10.3 Å². The van der Waals surface area contributed by atoms with Gasteiger partial charge >= 0.3 is 154 Å². The number of carbonyl (C=O) groups is 1.